The van der Waals surface area contributed by atoms with E-state index in [1.165, 1.54) is 12.1 Å². The number of nitrogens with one attached hydrogen (secondary N) is 1. The molecule has 4 aromatic rings. The van der Waals surface area contributed by atoms with Crippen molar-refractivity contribution in [3.05, 3.63) is 81.9 Å². The van der Waals surface area contributed by atoms with Gasteiger partial charge in [-0.2, -0.15) is 0 Å². The van der Waals surface area contributed by atoms with E-state index in [1.54, 1.807) is 6.07 Å². The van der Waals surface area contributed by atoms with Crippen LogP contribution in [0.3, 0.4) is 0 Å². The molecule has 0 bridgehead atoms. The van der Waals surface area contributed by atoms with E-state index in [9.17, 15) is 33.3 Å². The summed E-state index contributed by atoms with van der Waals surface area (Å²) in [6.45, 7) is 0. The molecule has 0 aliphatic carbocycles. The summed E-state index contributed by atoms with van der Waals surface area (Å²) in [4.78, 5) is 9.30. The summed E-state index contributed by atoms with van der Waals surface area (Å²) >= 11 is 5.82. The Bertz CT molecular complexity index is 1610. The number of rotatable bonds is 6. The molecule has 0 heterocycles. The van der Waals surface area contributed by atoms with Crippen LogP contribution in [0.5, 0.6) is 11.5 Å². The third-order valence-electron chi connectivity index (χ3n) is 4.87. The van der Waals surface area contributed by atoms with Gasteiger partial charge in [-0.15, -0.1) is 10.2 Å². The standard InChI is InChI=1S/C22H15ClN4O7S/c23-13-10-17(22(29)18(11-13)27(30)31)25-26-20-19(35(32,33)34)9-12-8-15(6-7-16(12)21(20)28)24-14-4-2-1-3-5-14/h1-11,24,28-29H,(H,32,33,34)/p-1. The van der Waals surface area contributed by atoms with Crippen LogP contribution in [0.4, 0.5) is 28.4 Å². The van der Waals surface area contributed by atoms with Crippen LogP contribution in [0.2, 0.25) is 5.02 Å². The highest BCUT2D eigenvalue weighted by atomic mass is 35.5. The Morgan fingerprint density at radius 1 is 0.914 bits per heavy atom. The summed E-state index contributed by atoms with van der Waals surface area (Å²) in [6.07, 6.45) is 0. The van der Waals surface area contributed by atoms with Crippen LogP contribution < -0.4 is 5.32 Å². The summed E-state index contributed by atoms with van der Waals surface area (Å²) in [5.74, 6) is -1.55. The van der Waals surface area contributed by atoms with E-state index in [1.807, 2.05) is 30.3 Å². The van der Waals surface area contributed by atoms with Crippen LogP contribution in [-0.2, 0) is 10.1 Å². The zero-order chi connectivity index (χ0) is 25.3. The molecule has 0 saturated heterocycles. The number of phenols is 2. The molecule has 0 atom stereocenters. The highest BCUT2D eigenvalue weighted by molar-refractivity contribution is 7.86. The lowest BCUT2D eigenvalue weighted by atomic mass is 10.1. The summed E-state index contributed by atoms with van der Waals surface area (Å²) in [7, 11) is -5.14. The molecular weight excluding hydrogens is 500 g/mol. The quantitative estimate of drug-likeness (QED) is 0.124. The normalized spacial score (nSPS) is 11.7. The molecular formula is C22H14ClN4O7S-. The number of benzene rings is 4. The summed E-state index contributed by atoms with van der Waals surface area (Å²) in [6, 6.07) is 16.7. The number of fused-ring (bicyclic) bond motifs is 1. The zero-order valence-corrected chi connectivity index (χ0v) is 19.0. The van der Waals surface area contributed by atoms with Gasteiger partial charge in [0.25, 0.3) is 0 Å². The molecule has 4 rings (SSSR count). The highest BCUT2D eigenvalue weighted by Gasteiger charge is 2.21. The zero-order valence-electron chi connectivity index (χ0n) is 17.4. The summed E-state index contributed by atoms with van der Waals surface area (Å²) < 4.78 is 35.9. The average Bonchev–Trinajstić information content (AvgIpc) is 2.80. The smallest absolute Gasteiger partial charge is 0.314 e. The van der Waals surface area contributed by atoms with Gasteiger partial charge in [-0.05, 0) is 47.9 Å². The van der Waals surface area contributed by atoms with Gasteiger partial charge in [-0.1, -0.05) is 29.8 Å². The van der Waals surface area contributed by atoms with Crippen molar-refractivity contribution in [2.45, 2.75) is 4.90 Å². The lowest BCUT2D eigenvalue weighted by Gasteiger charge is -2.14. The molecule has 4 aromatic carbocycles. The van der Waals surface area contributed by atoms with Crippen molar-refractivity contribution in [3.63, 3.8) is 0 Å². The molecule has 0 aliphatic heterocycles. The molecule has 0 unspecified atom stereocenters. The Morgan fingerprint density at radius 3 is 2.29 bits per heavy atom. The van der Waals surface area contributed by atoms with E-state index in [0.717, 1.165) is 23.9 Å². The third kappa shape index (κ3) is 4.99. The van der Waals surface area contributed by atoms with Crippen molar-refractivity contribution in [3.8, 4) is 11.5 Å². The molecule has 0 radical (unpaired) electrons. The Morgan fingerprint density at radius 2 is 1.63 bits per heavy atom. The SMILES string of the molecule is O=[N+]([O-])c1cc(Cl)cc(N=Nc2c(S(=O)(=O)[O-])cc3cc(Nc4ccccc4)ccc3c2O)c1O. The molecule has 0 spiro atoms. The lowest BCUT2D eigenvalue weighted by molar-refractivity contribution is -0.385. The van der Waals surface area contributed by atoms with E-state index in [2.05, 4.69) is 15.5 Å². The van der Waals surface area contributed by atoms with E-state index in [-0.39, 0.29) is 15.8 Å². The first-order chi connectivity index (χ1) is 16.5. The Kier molecular flexibility index (Phi) is 6.26. The number of phenolic OH excluding ortho intramolecular Hbond substituents is 2. The minimum Gasteiger partial charge on any atom is -0.744 e. The van der Waals surface area contributed by atoms with Gasteiger partial charge >= 0.3 is 5.69 Å². The molecule has 11 nitrogen and oxygen atoms in total. The predicted molar refractivity (Wildman–Crippen MR) is 127 cm³/mol. The first-order valence-electron chi connectivity index (χ1n) is 9.71. The molecule has 0 amide bonds. The first kappa shape index (κ1) is 23.9. The van der Waals surface area contributed by atoms with E-state index in [4.69, 9.17) is 11.6 Å². The van der Waals surface area contributed by atoms with Gasteiger partial charge in [0.1, 0.15) is 21.5 Å². The van der Waals surface area contributed by atoms with Crippen molar-refractivity contribution in [1.82, 2.24) is 0 Å². The van der Waals surface area contributed by atoms with Gasteiger partial charge in [0.15, 0.2) is 5.75 Å². The van der Waals surface area contributed by atoms with Crippen molar-refractivity contribution in [2.24, 2.45) is 10.2 Å². The van der Waals surface area contributed by atoms with Crippen molar-refractivity contribution in [2.75, 3.05) is 5.32 Å². The third-order valence-corrected chi connectivity index (χ3v) is 5.94. The maximum absolute atomic E-state index is 12.0. The summed E-state index contributed by atoms with van der Waals surface area (Å²) in [5.41, 5.74) is -0.612. The van der Waals surface area contributed by atoms with Crippen LogP contribution in [0.25, 0.3) is 10.8 Å². The largest absolute Gasteiger partial charge is 0.744 e. The number of aromatic hydroxyl groups is 2. The van der Waals surface area contributed by atoms with Gasteiger partial charge in [-0.3, -0.25) is 10.1 Å². The van der Waals surface area contributed by atoms with Crippen molar-refractivity contribution < 1.29 is 28.1 Å². The van der Waals surface area contributed by atoms with Gasteiger partial charge < -0.3 is 20.1 Å². The molecule has 13 heteroatoms. The van der Waals surface area contributed by atoms with E-state index >= 15 is 0 Å². The molecule has 0 saturated carbocycles. The Balaban J connectivity index is 1.84. The Hall–Kier alpha value is -4.26. The van der Waals surface area contributed by atoms with Crippen LogP contribution in [0, 0.1) is 10.1 Å². The second-order valence-corrected chi connectivity index (χ2v) is 8.99. The van der Waals surface area contributed by atoms with Crippen LogP contribution >= 0.6 is 11.6 Å². The van der Waals surface area contributed by atoms with Gasteiger partial charge in [-0.25, -0.2) is 8.42 Å². The molecule has 0 aromatic heterocycles. The maximum atomic E-state index is 12.0. The number of nitrogens with zero attached hydrogens (tertiary/aromatic N) is 3. The van der Waals surface area contributed by atoms with Crippen molar-refractivity contribution in [1.29, 1.82) is 0 Å². The van der Waals surface area contributed by atoms with Crippen LogP contribution in [0.1, 0.15) is 0 Å². The predicted octanol–water partition coefficient (Wildman–Crippen LogP) is 5.88. The molecule has 0 fully saturated rings. The van der Waals surface area contributed by atoms with Crippen LogP contribution in [0.15, 0.2) is 81.9 Å². The van der Waals surface area contributed by atoms with Crippen LogP contribution in [-0.4, -0.2) is 28.1 Å². The molecule has 3 N–H and O–H groups in total. The fraction of sp³-hybridized carbons (Fsp3) is 0. The fourth-order valence-corrected chi connectivity index (χ4v) is 4.15. The second-order valence-electron chi connectivity index (χ2n) is 7.20. The number of azo groups is 1. The number of halogens is 1. The summed E-state index contributed by atoms with van der Waals surface area (Å²) in [5, 5.41) is 42.5. The minimum atomic E-state index is -5.14. The van der Waals surface area contributed by atoms with Gasteiger partial charge in [0, 0.05) is 27.8 Å². The number of hydrogen-bond donors (Lipinski definition) is 3. The van der Waals surface area contributed by atoms with Gasteiger partial charge in [0.2, 0.25) is 5.75 Å². The average molecular weight is 514 g/mol. The Labute approximate surface area is 202 Å². The molecule has 178 valence electrons. The molecule has 0 aliphatic rings. The number of hydrogen-bond acceptors (Lipinski definition) is 10. The van der Waals surface area contributed by atoms with Crippen molar-refractivity contribution >= 4 is 60.9 Å². The van der Waals surface area contributed by atoms with E-state index < -0.39 is 48.5 Å². The fourth-order valence-electron chi connectivity index (χ4n) is 3.29. The van der Waals surface area contributed by atoms with E-state index in [0.29, 0.717) is 5.69 Å². The minimum absolute atomic E-state index is 0.152. The topological polar surface area (TPSA) is 178 Å². The lowest BCUT2D eigenvalue weighted by Crippen LogP contribution is -2.00. The highest BCUT2D eigenvalue weighted by Crippen LogP contribution is 2.44. The number of nitro benzene ring substituents is 1. The molecule has 35 heavy (non-hydrogen) atoms. The number of nitro groups is 1. The first-order valence-corrected chi connectivity index (χ1v) is 11.5. The number of anilines is 2. The van der Waals surface area contributed by atoms with Gasteiger partial charge in [0.05, 0.1) is 9.82 Å². The monoisotopic (exact) mass is 513 g/mol. The maximum Gasteiger partial charge on any atom is 0.314 e. The second kappa shape index (κ2) is 9.18. The number of para-hydroxylation sites is 1.